The molecule has 1 fully saturated rings. The van der Waals surface area contributed by atoms with Crippen LogP contribution in [0.4, 0.5) is 13.2 Å². The Hall–Kier alpha value is -0.620. The van der Waals surface area contributed by atoms with Crippen LogP contribution in [0.25, 0.3) is 0 Å². The lowest BCUT2D eigenvalue weighted by atomic mass is 10.1. The van der Waals surface area contributed by atoms with Gasteiger partial charge in [0.25, 0.3) is 0 Å². The molecular formula is C11H19F3N2O. The largest absolute Gasteiger partial charge is 0.389 e. The third kappa shape index (κ3) is 7.33. The van der Waals surface area contributed by atoms with Gasteiger partial charge in [-0.15, -0.1) is 0 Å². The number of carbonyl (C=O) groups excluding carboxylic acids is 1. The van der Waals surface area contributed by atoms with Crippen molar-refractivity contribution in [2.75, 3.05) is 32.7 Å². The molecule has 0 aromatic rings. The van der Waals surface area contributed by atoms with Gasteiger partial charge in [-0.25, -0.2) is 0 Å². The first-order valence-electron chi connectivity index (χ1n) is 5.99. The van der Waals surface area contributed by atoms with E-state index in [1.165, 1.54) is 0 Å². The van der Waals surface area contributed by atoms with Crippen LogP contribution in [0.2, 0.25) is 0 Å². The zero-order chi connectivity index (χ0) is 12.7. The summed E-state index contributed by atoms with van der Waals surface area (Å²) >= 11 is 0. The lowest BCUT2D eigenvalue weighted by Crippen LogP contribution is -2.33. The number of ketones is 1. The average molecular weight is 252 g/mol. The fourth-order valence-electron chi connectivity index (χ4n) is 1.87. The van der Waals surface area contributed by atoms with Crippen molar-refractivity contribution < 1.29 is 18.0 Å². The Morgan fingerprint density at radius 3 is 2.71 bits per heavy atom. The summed E-state index contributed by atoms with van der Waals surface area (Å²) in [6, 6.07) is 0. The van der Waals surface area contributed by atoms with E-state index in [4.69, 9.17) is 0 Å². The van der Waals surface area contributed by atoms with Crippen LogP contribution in [0, 0.1) is 0 Å². The summed E-state index contributed by atoms with van der Waals surface area (Å²) in [6.07, 6.45) is -4.08. The van der Waals surface area contributed by atoms with E-state index in [-0.39, 0.29) is 18.6 Å². The van der Waals surface area contributed by atoms with Gasteiger partial charge in [-0.1, -0.05) is 0 Å². The standard InChI is InChI=1S/C11H19F3N2O/c12-11(13,14)4-1-3-10(17)9-16-7-2-5-15-6-8-16/h15H,1-9H2. The van der Waals surface area contributed by atoms with Gasteiger partial charge < -0.3 is 5.32 Å². The molecule has 3 nitrogen and oxygen atoms in total. The minimum Gasteiger partial charge on any atom is -0.315 e. The number of nitrogens with one attached hydrogen (secondary N) is 1. The molecule has 1 rings (SSSR count). The number of nitrogens with zero attached hydrogens (tertiary/aromatic N) is 1. The summed E-state index contributed by atoms with van der Waals surface area (Å²) in [4.78, 5) is 13.5. The zero-order valence-electron chi connectivity index (χ0n) is 9.85. The summed E-state index contributed by atoms with van der Waals surface area (Å²) in [5.74, 6) is -0.0869. The molecule has 0 atom stereocenters. The molecule has 0 aromatic heterocycles. The van der Waals surface area contributed by atoms with Gasteiger partial charge in [-0.3, -0.25) is 9.69 Å². The second kappa shape index (κ2) is 6.96. The summed E-state index contributed by atoms with van der Waals surface area (Å²) in [7, 11) is 0. The third-order valence-electron chi connectivity index (χ3n) is 2.75. The summed E-state index contributed by atoms with van der Waals surface area (Å²) in [5, 5.41) is 3.21. The van der Waals surface area contributed by atoms with Crippen molar-refractivity contribution in [1.82, 2.24) is 10.2 Å². The van der Waals surface area contributed by atoms with E-state index in [2.05, 4.69) is 5.32 Å². The Balaban J connectivity index is 2.15. The highest BCUT2D eigenvalue weighted by Crippen LogP contribution is 2.22. The first-order valence-corrected chi connectivity index (χ1v) is 5.99. The molecule has 0 bridgehead atoms. The van der Waals surface area contributed by atoms with Gasteiger partial charge in [-0.05, 0) is 25.9 Å². The molecule has 1 aliphatic rings. The lowest BCUT2D eigenvalue weighted by Gasteiger charge is -2.18. The molecule has 1 N–H and O–H groups in total. The van der Waals surface area contributed by atoms with E-state index in [9.17, 15) is 18.0 Å². The lowest BCUT2D eigenvalue weighted by molar-refractivity contribution is -0.137. The van der Waals surface area contributed by atoms with Gasteiger partial charge in [0.2, 0.25) is 0 Å². The predicted molar refractivity (Wildman–Crippen MR) is 58.8 cm³/mol. The number of rotatable bonds is 5. The summed E-state index contributed by atoms with van der Waals surface area (Å²) in [6.45, 7) is 3.72. The molecule has 100 valence electrons. The summed E-state index contributed by atoms with van der Waals surface area (Å²) < 4.78 is 35.7. The Bertz CT molecular complexity index is 235. The first-order chi connectivity index (χ1) is 7.97. The van der Waals surface area contributed by atoms with Crippen molar-refractivity contribution in [2.45, 2.75) is 31.9 Å². The molecule has 1 heterocycles. The Morgan fingerprint density at radius 2 is 2.00 bits per heavy atom. The Labute approximate surface area is 99.4 Å². The molecule has 0 amide bonds. The van der Waals surface area contributed by atoms with E-state index in [0.717, 1.165) is 32.6 Å². The van der Waals surface area contributed by atoms with Gasteiger partial charge >= 0.3 is 6.18 Å². The maximum Gasteiger partial charge on any atom is 0.389 e. The molecule has 0 saturated carbocycles. The monoisotopic (exact) mass is 252 g/mol. The first kappa shape index (κ1) is 14.4. The molecule has 0 aliphatic carbocycles. The van der Waals surface area contributed by atoms with Crippen molar-refractivity contribution in [3.8, 4) is 0 Å². The number of Topliss-reactive ketones (excluding diaryl/α,β-unsaturated/α-hetero) is 1. The number of alkyl halides is 3. The third-order valence-corrected chi connectivity index (χ3v) is 2.75. The van der Waals surface area contributed by atoms with Crippen LogP contribution in [0.3, 0.4) is 0 Å². The quantitative estimate of drug-likeness (QED) is 0.806. The van der Waals surface area contributed by atoms with Gasteiger partial charge in [0.15, 0.2) is 0 Å². The van der Waals surface area contributed by atoms with Crippen LogP contribution in [0.15, 0.2) is 0 Å². The molecule has 1 aliphatic heterocycles. The molecular weight excluding hydrogens is 233 g/mol. The van der Waals surface area contributed by atoms with Gasteiger partial charge in [0.05, 0.1) is 6.54 Å². The molecule has 0 aromatic carbocycles. The SMILES string of the molecule is O=C(CCCC(F)(F)F)CN1CCCNCC1. The van der Waals surface area contributed by atoms with Crippen molar-refractivity contribution in [1.29, 1.82) is 0 Å². The fraction of sp³-hybridized carbons (Fsp3) is 0.909. The fourth-order valence-corrected chi connectivity index (χ4v) is 1.87. The topological polar surface area (TPSA) is 32.3 Å². The highest BCUT2D eigenvalue weighted by atomic mass is 19.4. The van der Waals surface area contributed by atoms with Crippen molar-refractivity contribution >= 4 is 5.78 Å². The van der Waals surface area contributed by atoms with Gasteiger partial charge in [0, 0.05) is 25.9 Å². The van der Waals surface area contributed by atoms with Crippen molar-refractivity contribution in [3.05, 3.63) is 0 Å². The molecule has 6 heteroatoms. The van der Waals surface area contributed by atoms with E-state index >= 15 is 0 Å². The highest BCUT2D eigenvalue weighted by Gasteiger charge is 2.26. The number of halogens is 3. The van der Waals surface area contributed by atoms with Gasteiger partial charge in [-0.2, -0.15) is 13.2 Å². The van der Waals surface area contributed by atoms with Crippen molar-refractivity contribution in [3.63, 3.8) is 0 Å². The van der Waals surface area contributed by atoms with Crippen LogP contribution >= 0.6 is 0 Å². The van der Waals surface area contributed by atoms with E-state index in [1.54, 1.807) is 0 Å². The molecule has 0 radical (unpaired) electrons. The predicted octanol–water partition coefficient (Wildman–Crippen LogP) is 1.58. The molecule has 17 heavy (non-hydrogen) atoms. The van der Waals surface area contributed by atoms with Gasteiger partial charge in [0.1, 0.15) is 5.78 Å². The van der Waals surface area contributed by atoms with E-state index < -0.39 is 12.6 Å². The minimum atomic E-state index is -4.15. The maximum atomic E-state index is 11.9. The molecule has 0 unspecified atom stereocenters. The minimum absolute atomic E-state index is 0.0312. The van der Waals surface area contributed by atoms with E-state index in [0.29, 0.717) is 6.54 Å². The second-order valence-electron chi connectivity index (χ2n) is 4.39. The van der Waals surface area contributed by atoms with Crippen LogP contribution < -0.4 is 5.32 Å². The Kier molecular flexibility index (Phi) is 5.91. The van der Waals surface area contributed by atoms with Crippen molar-refractivity contribution in [2.24, 2.45) is 0 Å². The number of hydrogen-bond donors (Lipinski definition) is 1. The second-order valence-corrected chi connectivity index (χ2v) is 4.39. The van der Waals surface area contributed by atoms with Crippen LogP contribution in [0.5, 0.6) is 0 Å². The summed E-state index contributed by atoms with van der Waals surface area (Å²) in [5.41, 5.74) is 0. The Morgan fingerprint density at radius 1 is 1.24 bits per heavy atom. The zero-order valence-corrected chi connectivity index (χ0v) is 9.85. The van der Waals surface area contributed by atoms with Crippen LogP contribution in [-0.4, -0.2) is 49.6 Å². The van der Waals surface area contributed by atoms with E-state index in [1.807, 2.05) is 4.90 Å². The maximum absolute atomic E-state index is 11.9. The van der Waals surface area contributed by atoms with Crippen LogP contribution in [-0.2, 0) is 4.79 Å². The average Bonchev–Trinajstić information content (AvgIpc) is 2.44. The van der Waals surface area contributed by atoms with Crippen LogP contribution in [0.1, 0.15) is 25.7 Å². The molecule has 0 spiro atoms. The normalized spacial score (nSPS) is 19.0. The number of carbonyl (C=O) groups is 1. The highest BCUT2D eigenvalue weighted by molar-refractivity contribution is 5.80. The molecule has 1 saturated heterocycles. The smallest absolute Gasteiger partial charge is 0.315 e. The number of hydrogen-bond acceptors (Lipinski definition) is 3.